The number of unbranched alkanes of at least 4 members (excludes halogenated alkanes) is 1. The van der Waals surface area contributed by atoms with Crippen LogP contribution in [0.25, 0.3) is 11.2 Å². The third-order valence-electron chi connectivity index (χ3n) is 4.83. The van der Waals surface area contributed by atoms with Crippen molar-refractivity contribution in [3.8, 4) is 0 Å². The molecule has 13 heteroatoms. The molecule has 0 radical (unpaired) electrons. The van der Waals surface area contributed by atoms with E-state index in [9.17, 15) is 14.4 Å². The number of nitrogens with one attached hydrogen (secondary N) is 1. The Morgan fingerprint density at radius 1 is 1.12 bits per heavy atom. The van der Waals surface area contributed by atoms with Crippen LogP contribution in [0.3, 0.4) is 0 Å². The molecule has 2 aromatic heterocycles. The van der Waals surface area contributed by atoms with Gasteiger partial charge >= 0.3 is 17.9 Å². The van der Waals surface area contributed by atoms with Crippen molar-refractivity contribution in [3.63, 3.8) is 0 Å². The largest absolute Gasteiger partial charge is 0.463 e. The molecule has 33 heavy (non-hydrogen) atoms. The summed E-state index contributed by atoms with van der Waals surface area (Å²) < 4.78 is 24.1. The first-order valence-electron chi connectivity index (χ1n) is 10.5. The molecule has 3 rings (SSSR count). The zero-order valence-electron chi connectivity index (χ0n) is 18.7. The van der Waals surface area contributed by atoms with Crippen molar-refractivity contribution in [2.75, 3.05) is 18.5 Å². The molecule has 0 unspecified atom stereocenters. The second-order valence-electron chi connectivity index (χ2n) is 7.46. The maximum atomic E-state index is 11.9. The van der Waals surface area contributed by atoms with Crippen LogP contribution >= 0.6 is 22.6 Å². The number of halogens is 1. The number of aromatic nitrogens is 4. The van der Waals surface area contributed by atoms with Crippen LogP contribution in [0.5, 0.6) is 0 Å². The van der Waals surface area contributed by atoms with Crippen LogP contribution in [-0.4, -0.2) is 68.9 Å². The smallest absolute Gasteiger partial charge is 0.303 e. The molecule has 2 aromatic rings. The molecule has 4 atom stereocenters. The lowest BCUT2D eigenvalue weighted by atomic mass is 10.1. The highest BCUT2D eigenvalue weighted by Crippen LogP contribution is 2.36. The Balaban J connectivity index is 2.01. The first-order valence-corrected chi connectivity index (χ1v) is 11.6. The molecule has 0 aliphatic carbocycles. The van der Waals surface area contributed by atoms with Crippen LogP contribution < -0.4 is 5.32 Å². The molecular formula is C20H26IN5O7. The van der Waals surface area contributed by atoms with E-state index in [-0.39, 0.29) is 6.61 Å². The highest BCUT2D eigenvalue weighted by Gasteiger charge is 2.51. The lowest BCUT2D eigenvalue weighted by Gasteiger charge is -2.23. The number of fused-ring (bicyclic) bond motifs is 1. The Morgan fingerprint density at radius 3 is 2.45 bits per heavy atom. The van der Waals surface area contributed by atoms with Crippen LogP contribution in [0, 0.1) is 3.83 Å². The molecule has 12 nitrogen and oxygen atoms in total. The topological polar surface area (TPSA) is 144 Å². The van der Waals surface area contributed by atoms with Crippen molar-refractivity contribution < 1.29 is 33.3 Å². The van der Waals surface area contributed by atoms with Gasteiger partial charge in [0.05, 0.1) is 6.33 Å². The van der Waals surface area contributed by atoms with E-state index >= 15 is 0 Å². The Morgan fingerprint density at radius 2 is 1.82 bits per heavy atom. The fourth-order valence-electron chi connectivity index (χ4n) is 3.50. The van der Waals surface area contributed by atoms with Crippen molar-refractivity contribution >= 4 is 57.5 Å². The second kappa shape index (κ2) is 11.0. The Labute approximate surface area is 203 Å². The van der Waals surface area contributed by atoms with Crippen LogP contribution in [-0.2, 0) is 33.3 Å². The molecule has 1 aliphatic rings. The van der Waals surface area contributed by atoms with Crippen molar-refractivity contribution in [2.24, 2.45) is 0 Å². The minimum atomic E-state index is -1.02. The summed E-state index contributed by atoms with van der Waals surface area (Å²) in [6.07, 6.45) is -0.338. The van der Waals surface area contributed by atoms with Crippen molar-refractivity contribution in [3.05, 3.63) is 10.2 Å². The summed E-state index contributed by atoms with van der Waals surface area (Å²) in [5, 5.41) is 3.27. The van der Waals surface area contributed by atoms with Crippen molar-refractivity contribution in [2.45, 2.75) is 65.1 Å². The molecular weight excluding hydrogens is 549 g/mol. The van der Waals surface area contributed by atoms with Gasteiger partial charge in [-0.05, 0) is 6.42 Å². The zero-order valence-corrected chi connectivity index (χ0v) is 20.9. The van der Waals surface area contributed by atoms with Crippen LogP contribution in [0.4, 0.5) is 5.82 Å². The Bertz CT molecular complexity index is 1030. The molecule has 180 valence electrons. The highest BCUT2D eigenvalue weighted by atomic mass is 127. The van der Waals surface area contributed by atoms with E-state index < -0.39 is 42.4 Å². The van der Waals surface area contributed by atoms with Gasteiger partial charge in [-0.25, -0.2) is 15.0 Å². The number of ether oxygens (including phenoxy) is 4. The number of imidazole rings is 1. The van der Waals surface area contributed by atoms with E-state index in [1.807, 2.05) is 22.6 Å². The molecule has 0 spiro atoms. The average molecular weight is 575 g/mol. The van der Waals surface area contributed by atoms with Crippen molar-refractivity contribution in [1.29, 1.82) is 0 Å². The first-order chi connectivity index (χ1) is 15.7. The summed E-state index contributed by atoms with van der Waals surface area (Å²) in [7, 11) is 0. The third-order valence-corrected chi connectivity index (χ3v) is 5.31. The normalized spacial score (nSPS) is 22.2. The quantitative estimate of drug-likeness (QED) is 0.154. The number of nitrogens with zero attached hydrogens (tertiary/aromatic N) is 4. The molecule has 1 saturated heterocycles. The number of rotatable bonds is 9. The maximum absolute atomic E-state index is 11.9. The standard InChI is InChI=1S/C20H26IN5O7/c1-5-6-7-22-17-14-18(25-20(21)24-17)26(9-23-14)19-16(32-12(4)29)15(31-11(3)28)13(33-19)8-30-10(2)27/h9,13,15-16,19H,5-8H2,1-4H3,(H,22,24,25)/t13-,15-,16-,19-/m1/s1. The van der Waals surface area contributed by atoms with E-state index in [4.69, 9.17) is 18.9 Å². The number of anilines is 1. The molecule has 3 heterocycles. The summed E-state index contributed by atoms with van der Waals surface area (Å²) >= 11 is 2.01. The number of carbonyl (C=O) groups is 3. The Kier molecular flexibility index (Phi) is 8.40. The summed E-state index contributed by atoms with van der Waals surface area (Å²) in [5.41, 5.74) is 0.967. The monoisotopic (exact) mass is 575 g/mol. The van der Waals surface area contributed by atoms with Gasteiger partial charge in [-0.1, -0.05) is 13.3 Å². The molecule has 1 N–H and O–H groups in total. The predicted octanol–water partition coefficient (Wildman–Crippen LogP) is 1.97. The molecule has 0 saturated carbocycles. The average Bonchev–Trinajstić information content (AvgIpc) is 3.27. The van der Waals surface area contributed by atoms with Crippen LogP contribution in [0.15, 0.2) is 6.33 Å². The van der Waals surface area contributed by atoms with Crippen LogP contribution in [0.1, 0.15) is 46.8 Å². The highest BCUT2D eigenvalue weighted by molar-refractivity contribution is 14.1. The fourth-order valence-corrected chi connectivity index (χ4v) is 3.97. The molecule has 0 bridgehead atoms. The van der Waals surface area contributed by atoms with Crippen molar-refractivity contribution in [1.82, 2.24) is 19.5 Å². The SMILES string of the molecule is CCCCNc1nc(I)nc2c1ncn2[C@@H]1O[C@H](COC(C)=O)[C@@H](OC(C)=O)[C@H]1OC(C)=O. The summed E-state index contributed by atoms with van der Waals surface area (Å²) in [6, 6.07) is 0. The van der Waals surface area contributed by atoms with Gasteiger partial charge < -0.3 is 24.3 Å². The maximum Gasteiger partial charge on any atom is 0.303 e. The third kappa shape index (κ3) is 6.07. The van der Waals surface area contributed by atoms with Gasteiger partial charge in [0.2, 0.25) is 0 Å². The minimum Gasteiger partial charge on any atom is -0.463 e. The molecule has 0 aromatic carbocycles. The zero-order chi connectivity index (χ0) is 24.1. The lowest BCUT2D eigenvalue weighted by molar-refractivity contribution is -0.166. The summed E-state index contributed by atoms with van der Waals surface area (Å²) in [5.74, 6) is -1.13. The van der Waals surface area contributed by atoms with Crippen LogP contribution in [0.2, 0.25) is 0 Å². The lowest BCUT2D eigenvalue weighted by Crippen LogP contribution is -2.40. The van der Waals surface area contributed by atoms with Gasteiger partial charge in [0.15, 0.2) is 39.2 Å². The molecule has 0 amide bonds. The number of hydrogen-bond acceptors (Lipinski definition) is 11. The molecule has 1 aliphatic heterocycles. The minimum absolute atomic E-state index is 0.190. The number of carbonyl (C=O) groups excluding carboxylic acids is 3. The van der Waals surface area contributed by atoms with Gasteiger partial charge in [0.1, 0.15) is 12.7 Å². The van der Waals surface area contributed by atoms with Gasteiger partial charge in [0.25, 0.3) is 0 Å². The van der Waals surface area contributed by atoms with E-state index in [1.165, 1.54) is 27.1 Å². The number of hydrogen-bond donors (Lipinski definition) is 1. The van der Waals surface area contributed by atoms with Gasteiger partial charge in [0, 0.05) is 49.9 Å². The molecule has 1 fully saturated rings. The van der Waals surface area contributed by atoms with E-state index in [0.717, 1.165) is 19.4 Å². The van der Waals surface area contributed by atoms with E-state index in [0.29, 0.717) is 20.8 Å². The van der Waals surface area contributed by atoms with Gasteiger partial charge in [-0.3, -0.25) is 19.0 Å². The van der Waals surface area contributed by atoms with Gasteiger partial charge in [-0.2, -0.15) is 0 Å². The predicted molar refractivity (Wildman–Crippen MR) is 123 cm³/mol. The fraction of sp³-hybridized carbons (Fsp3) is 0.600. The summed E-state index contributed by atoms with van der Waals surface area (Å²) in [6.45, 7) is 6.36. The second-order valence-corrected chi connectivity index (χ2v) is 8.43. The van der Waals surface area contributed by atoms with E-state index in [2.05, 4.69) is 27.2 Å². The first kappa shape index (κ1) is 25.1. The number of esters is 3. The summed E-state index contributed by atoms with van der Waals surface area (Å²) in [4.78, 5) is 48.3. The van der Waals surface area contributed by atoms with E-state index in [1.54, 1.807) is 4.57 Å². The van der Waals surface area contributed by atoms with Gasteiger partial charge in [-0.15, -0.1) is 0 Å². The Hall–Kier alpha value is -2.55.